The van der Waals surface area contributed by atoms with Gasteiger partial charge in [0.1, 0.15) is 4.88 Å². The Labute approximate surface area is 116 Å². The Balaban J connectivity index is 2.01. The summed E-state index contributed by atoms with van der Waals surface area (Å²) in [4.78, 5) is 17.0. The van der Waals surface area contributed by atoms with Crippen molar-refractivity contribution in [2.75, 3.05) is 12.4 Å². The minimum Gasteiger partial charge on any atom is -0.365 e. The van der Waals surface area contributed by atoms with Gasteiger partial charge in [0.25, 0.3) is 5.91 Å². The van der Waals surface area contributed by atoms with Crippen molar-refractivity contribution >= 4 is 22.4 Å². The van der Waals surface area contributed by atoms with Crippen molar-refractivity contribution < 1.29 is 4.79 Å². The second-order valence-electron chi connectivity index (χ2n) is 4.35. The van der Waals surface area contributed by atoms with E-state index in [0.29, 0.717) is 11.4 Å². The van der Waals surface area contributed by atoms with Crippen LogP contribution in [0.25, 0.3) is 0 Å². The Kier molecular flexibility index (Phi) is 4.16. The van der Waals surface area contributed by atoms with E-state index in [2.05, 4.69) is 15.6 Å². The number of hydrogen-bond acceptors (Lipinski definition) is 4. The van der Waals surface area contributed by atoms with E-state index in [4.69, 9.17) is 0 Å². The van der Waals surface area contributed by atoms with Crippen molar-refractivity contribution in [2.24, 2.45) is 0 Å². The average Bonchev–Trinajstić information content (AvgIpc) is 2.79. The lowest BCUT2D eigenvalue weighted by atomic mass is 10.1. The molecular weight excluding hydrogens is 258 g/mol. The zero-order valence-electron chi connectivity index (χ0n) is 11.3. The molecule has 2 aromatic rings. The quantitative estimate of drug-likeness (QED) is 0.902. The van der Waals surface area contributed by atoms with Gasteiger partial charge in [0.15, 0.2) is 5.13 Å². The molecule has 100 valence electrons. The molecule has 1 heterocycles. The second-order valence-corrected chi connectivity index (χ2v) is 5.35. The van der Waals surface area contributed by atoms with Gasteiger partial charge >= 0.3 is 0 Å². The summed E-state index contributed by atoms with van der Waals surface area (Å²) >= 11 is 1.37. The largest absolute Gasteiger partial charge is 0.365 e. The van der Waals surface area contributed by atoms with Gasteiger partial charge in [0, 0.05) is 13.6 Å². The van der Waals surface area contributed by atoms with E-state index in [9.17, 15) is 4.79 Å². The topological polar surface area (TPSA) is 54.0 Å². The molecule has 0 aliphatic carbocycles. The highest BCUT2D eigenvalue weighted by atomic mass is 32.1. The van der Waals surface area contributed by atoms with Gasteiger partial charge in [-0.3, -0.25) is 4.79 Å². The first-order valence-electron chi connectivity index (χ1n) is 6.09. The Morgan fingerprint density at radius 1 is 1.26 bits per heavy atom. The van der Waals surface area contributed by atoms with Gasteiger partial charge in [-0.2, -0.15) is 0 Å². The molecule has 0 saturated heterocycles. The summed E-state index contributed by atoms with van der Waals surface area (Å²) in [5.74, 6) is -0.0722. The van der Waals surface area contributed by atoms with Gasteiger partial charge in [-0.25, -0.2) is 4.98 Å². The van der Waals surface area contributed by atoms with Crippen LogP contribution in [0, 0.1) is 13.8 Å². The van der Waals surface area contributed by atoms with Crippen LogP contribution >= 0.6 is 11.3 Å². The first kappa shape index (κ1) is 13.5. The van der Waals surface area contributed by atoms with Gasteiger partial charge in [0.2, 0.25) is 0 Å². The second kappa shape index (κ2) is 5.84. The lowest BCUT2D eigenvalue weighted by Gasteiger charge is -2.04. The molecule has 1 aromatic carbocycles. The van der Waals surface area contributed by atoms with Crippen LogP contribution in [0.4, 0.5) is 5.13 Å². The number of rotatable bonds is 4. The molecule has 0 spiro atoms. The van der Waals surface area contributed by atoms with Crippen LogP contribution in [0.5, 0.6) is 0 Å². The molecule has 0 aliphatic heterocycles. The van der Waals surface area contributed by atoms with Crippen LogP contribution in [0.15, 0.2) is 24.3 Å². The zero-order chi connectivity index (χ0) is 13.8. The summed E-state index contributed by atoms with van der Waals surface area (Å²) in [7, 11) is 1.80. The van der Waals surface area contributed by atoms with Crippen molar-refractivity contribution in [3.63, 3.8) is 0 Å². The third-order valence-electron chi connectivity index (χ3n) is 2.79. The zero-order valence-corrected chi connectivity index (χ0v) is 12.1. The van der Waals surface area contributed by atoms with E-state index in [0.717, 1.165) is 16.4 Å². The smallest absolute Gasteiger partial charge is 0.263 e. The van der Waals surface area contributed by atoms with Crippen molar-refractivity contribution in [1.82, 2.24) is 10.3 Å². The molecule has 0 fully saturated rings. The number of carbonyl (C=O) groups is 1. The summed E-state index contributed by atoms with van der Waals surface area (Å²) in [5.41, 5.74) is 3.07. The van der Waals surface area contributed by atoms with E-state index < -0.39 is 0 Å². The van der Waals surface area contributed by atoms with Crippen LogP contribution in [-0.4, -0.2) is 17.9 Å². The number of nitrogens with zero attached hydrogens (tertiary/aromatic N) is 1. The van der Waals surface area contributed by atoms with Gasteiger partial charge in [0.05, 0.1) is 5.69 Å². The normalized spacial score (nSPS) is 10.3. The first-order chi connectivity index (χ1) is 9.10. The lowest BCUT2D eigenvalue weighted by molar-refractivity contribution is 0.0954. The van der Waals surface area contributed by atoms with Crippen LogP contribution in [-0.2, 0) is 6.54 Å². The molecule has 1 aromatic heterocycles. The van der Waals surface area contributed by atoms with Crippen LogP contribution in [0.1, 0.15) is 26.5 Å². The fraction of sp³-hybridized carbons (Fsp3) is 0.286. The number of benzene rings is 1. The number of anilines is 1. The number of amides is 1. The molecule has 5 heteroatoms. The van der Waals surface area contributed by atoms with Crippen molar-refractivity contribution in [3.05, 3.63) is 46.0 Å². The lowest BCUT2D eigenvalue weighted by Crippen LogP contribution is -2.22. The van der Waals surface area contributed by atoms with Crippen LogP contribution in [0.2, 0.25) is 0 Å². The molecule has 2 N–H and O–H groups in total. The van der Waals surface area contributed by atoms with Crippen molar-refractivity contribution in [2.45, 2.75) is 20.4 Å². The minimum absolute atomic E-state index is 0.0722. The standard InChI is InChI=1S/C14H17N3OS/c1-9-4-6-11(7-5-9)8-16-13(18)12-10(2)17-14(15-3)19-12/h4-7H,8H2,1-3H3,(H,15,17)(H,16,18). The first-order valence-corrected chi connectivity index (χ1v) is 6.90. The van der Waals surface area contributed by atoms with Crippen LogP contribution < -0.4 is 10.6 Å². The molecule has 0 radical (unpaired) electrons. The Hall–Kier alpha value is -1.88. The van der Waals surface area contributed by atoms with E-state index in [-0.39, 0.29) is 5.91 Å². The molecule has 0 atom stereocenters. The van der Waals surface area contributed by atoms with E-state index in [1.54, 1.807) is 7.05 Å². The third-order valence-corrected chi connectivity index (χ3v) is 3.96. The molecule has 0 unspecified atom stereocenters. The fourth-order valence-corrected chi connectivity index (χ4v) is 2.52. The fourth-order valence-electron chi connectivity index (χ4n) is 1.68. The Bertz CT molecular complexity index is 575. The summed E-state index contributed by atoms with van der Waals surface area (Å²) in [6, 6.07) is 8.12. The number of thiazole rings is 1. The highest BCUT2D eigenvalue weighted by molar-refractivity contribution is 7.17. The number of carbonyl (C=O) groups excluding carboxylic acids is 1. The Morgan fingerprint density at radius 3 is 2.53 bits per heavy atom. The maximum atomic E-state index is 12.1. The monoisotopic (exact) mass is 275 g/mol. The number of nitrogens with one attached hydrogen (secondary N) is 2. The molecule has 4 nitrogen and oxygen atoms in total. The van der Waals surface area contributed by atoms with Gasteiger partial charge < -0.3 is 10.6 Å². The SMILES string of the molecule is CNc1nc(C)c(C(=O)NCc2ccc(C)cc2)s1. The molecule has 2 rings (SSSR count). The number of hydrogen-bond donors (Lipinski definition) is 2. The number of aryl methyl sites for hydroxylation is 2. The van der Waals surface area contributed by atoms with Gasteiger partial charge in [-0.15, -0.1) is 0 Å². The molecule has 0 aliphatic rings. The molecule has 0 saturated carbocycles. The maximum absolute atomic E-state index is 12.1. The summed E-state index contributed by atoms with van der Waals surface area (Å²) in [5, 5.41) is 6.63. The van der Waals surface area contributed by atoms with E-state index >= 15 is 0 Å². The number of aromatic nitrogens is 1. The molecular formula is C14H17N3OS. The highest BCUT2D eigenvalue weighted by Gasteiger charge is 2.14. The summed E-state index contributed by atoms with van der Waals surface area (Å²) in [6.45, 7) is 4.42. The van der Waals surface area contributed by atoms with E-state index in [1.807, 2.05) is 38.1 Å². The summed E-state index contributed by atoms with van der Waals surface area (Å²) < 4.78 is 0. The Morgan fingerprint density at radius 2 is 1.95 bits per heavy atom. The van der Waals surface area contributed by atoms with Gasteiger partial charge in [-0.05, 0) is 19.4 Å². The maximum Gasteiger partial charge on any atom is 0.263 e. The van der Waals surface area contributed by atoms with E-state index in [1.165, 1.54) is 16.9 Å². The average molecular weight is 275 g/mol. The van der Waals surface area contributed by atoms with Crippen molar-refractivity contribution in [3.8, 4) is 0 Å². The predicted octanol–water partition coefficient (Wildman–Crippen LogP) is 2.73. The molecule has 19 heavy (non-hydrogen) atoms. The van der Waals surface area contributed by atoms with Crippen molar-refractivity contribution in [1.29, 1.82) is 0 Å². The third kappa shape index (κ3) is 3.32. The highest BCUT2D eigenvalue weighted by Crippen LogP contribution is 2.21. The summed E-state index contributed by atoms with van der Waals surface area (Å²) in [6.07, 6.45) is 0. The van der Waals surface area contributed by atoms with Crippen LogP contribution in [0.3, 0.4) is 0 Å². The molecule has 1 amide bonds. The predicted molar refractivity (Wildman–Crippen MR) is 78.7 cm³/mol. The molecule has 0 bridgehead atoms. The minimum atomic E-state index is -0.0722. The van der Waals surface area contributed by atoms with Gasteiger partial charge in [-0.1, -0.05) is 41.2 Å².